The number of nitrogens with zero attached hydrogens (tertiary/aromatic N) is 6. The van der Waals surface area contributed by atoms with Crippen molar-refractivity contribution in [2.45, 2.75) is 13.8 Å². The summed E-state index contributed by atoms with van der Waals surface area (Å²) in [5.41, 5.74) is 8.24. The molecular formula is C36H24N6O. The molecule has 7 nitrogen and oxygen atoms in total. The van der Waals surface area contributed by atoms with Crippen molar-refractivity contribution >= 4 is 54.8 Å². The van der Waals surface area contributed by atoms with Gasteiger partial charge in [-0.3, -0.25) is 13.8 Å². The lowest BCUT2D eigenvalue weighted by Crippen LogP contribution is -1.97. The number of benzene rings is 3. The van der Waals surface area contributed by atoms with Crippen molar-refractivity contribution in [1.29, 1.82) is 0 Å². The Labute approximate surface area is 245 Å². The maximum Gasteiger partial charge on any atom is 0.146 e. The van der Waals surface area contributed by atoms with Gasteiger partial charge in [0.05, 0.1) is 11.2 Å². The van der Waals surface area contributed by atoms with Crippen molar-refractivity contribution in [3.63, 3.8) is 0 Å². The zero-order chi connectivity index (χ0) is 28.7. The molecule has 7 heteroatoms. The van der Waals surface area contributed by atoms with Gasteiger partial charge in [0, 0.05) is 64.3 Å². The lowest BCUT2D eigenvalue weighted by Gasteiger charge is -2.14. The van der Waals surface area contributed by atoms with Crippen molar-refractivity contribution in [3.05, 3.63) is 121 Å². The van der Waals surface area contributed by atoms with Crippen LogP contribution < -0.4 is 4.74 Å². The monoisotopic (exact) mass is 556 g/mol. The molecule has 0 unspecified atom stereocenters. The van der Waals surface area contributed by atoms with Crippen LogP contribution in [0.25, 0.3) is 66.0 Å². The average Bonchev–Trinajstić information content (AvgIpc) is 3.73. The summed E-state index contributed by atoms with van der Waals surface area (Å²) in [4.78, 5) is 18.9. The number of aromatic nitrogens is 6. The van der Waals surface area contributed by atoms with Crippen LogP contribution in [0.5, 0.6) is 11.5 Å². The van der Waals surface area contributed by atoms with E-state index in [9.17, 15) is 0 Å². The minimum absolute atomic E-state index is 0.734. The predicted octanol–water partition coefficient (Wildman–Crippen LogP) is 8.46. The number of hydrogen-bond donors (Lipinski definition) is 0. The van der Waals surface area contributed by atoms with Gasteiger partial charge in [-0.05, 0) is 90.3 Å². The summed E-state index contributed by atoms with van der Waals surface area (Å²) < 4.78 is 10.6. The molecule has 0 amide bonds. The molecule has 0 bridgehead atoms. The second-order valence-corrected chi connectivity index (χ2v) is 11.0. The molecule has 9 rings (SSSR count). The predicted molar refractivity (Wildman–Crippen MR) is 171 cm³/mol. The largest absolute Gasteiger partial charge is 0.457 e. The summed E-state index contributed by atoms with van der Waals surface area (Å²) in [6.07, 6.45) is 11.3. The summed E-state index contributed by atoms with van der Waals surface area (Å²) in [6.45, 7) is 4.27. The first-order chi connectivity index (χ1) is 21.1. The van der Waals surface area contributed by atoms with Gasteiger partial charge in [-0.1, -0.05) is 18.2 Å². The van der Waals surface area contributed by atoms with Crippen molar-refractivity contribution in [2.24, 2.45) is 0 Å². The average molecular weight is 557 g/mol. The Bertz CT molecular complexity index is 2560. The molecule has 0 aliphatic carbocycles. The Morgan fingerprint density at radius 2 is 1.23 bits per heavy atom. The van der Waals surface area contributed by atoms with Crippen LogP contribution >= 0.6 is 0 Å². The van der Waals surface area contributed by atoms with Gasteiger partial charge < -0.3 is 4.74 Å². The number of aryl methyl sites for hydroxylation is 2. The molecule has 0 N–H and O–H groups in total. The number of ether oxygens (including phenoxy) is 1. The van der Waals surface area contributed by atoms with Crippen LogP contribution in [0.3, 0.4) is 0 Å². The summed E-state index contributed by atoms with van der Waals surface area (Å²) in [6, 6.07) is 25.0. The minimum atomic E-state index is 0.734. The second-order valence-electron chi connectivity index (χ2n) is 11.0. The standard InChI is InChI=1S/C36H24N6O/c1-21-4-3-5-22(2)33(21)31-11-10-27-25-8-6-23(18-28(25)35-39-15-17-42(35)36(27)40-31)43-24-7-9-26-29(19-24)34-38-14-16-41(34)32-12-13-37-20-30(26)32/h3-20H,1-2H3. The number of fused-ring (bicyclic) bond motifs is 12. The van der Waals surface area contributed by atoms with E-state index in [1.165, 1.54) is 16.7 Å². The van der Waals surface area contributed by atoms with Gasteiger partial charge in [0.25, 0.3) is 0 Å². The Balaban J connectivity index is 1.18. The van der Waals surface area contributed by atoms with Crippen LogP contribution in [0.4, 0.5) is 0 Å². The Kier molecular flexibility index (Phi) is 4.90. The number of pyridine rings is 4. The summed E-state index contributed by atoms with van der Waals surface area (Å²) in [7, 11) is 0. The van der Waals surface area contributed by atoms with Crippen molar-refractivity contribution in [2.75, 3.05) is 0 Å². The quantitative estimate of drug-likeness (QED) is 0.204. The molecule has 0 radical (unpaired) electrons. The highest BCUT2D eigenvalue weighted by atomic mass is 16.5. The zero-order valence-corrected chi connectivity index (χ0v) is 23.5. The fraction of sp³-hybridized carbons (Fsp3) is 0.0556. The Morgan fingerprint density at radius 3 is 1.98 bits per heavy atom. The first-order valence-electron chi connectivity index (χ1n) is 14.2. The molecular weight excluding hydrogens is 532 g/mol. The van der Waals surface area contributed by atoms with Crippen LogP contribution in [0.2, 0.25) is 0 Å². The second kappa shape index (κ2) is 8.84. The van der Waals surface area contributed by atoms with E-state index in [1.807, 2.05) is 55.4 Å². The van der Waals surface area contributed by atoms with E-state index in [0.29, 0.717) is 0 Å². The lowest BCUT2D eigenvalue weighted by molar-refractivity contribution is 0.484. The summed E-state index contributed by atoms with van der Waals surface area (Å²) >= 11 is 0. The SMILES string of the molecule is Cc1cccc(C)c1-c1ccc2c3ccc(Oc4ccc5c6cnccc6n6ccnc6c5c4)cc3c3nccn3c2n1. The molecule has 0 spiro atoms. The maximum absolute atomic E-state index is 6.47. The zero-order valence-electron chi connectivity index (χ0n) is 23.5. The molecule has 6 heterocycles. The maximum atomic E-state index is 6.47. The van der Waals surface area contributed by atoms with Crippen LogP contribution in [0.1, 0.15) is 11.1 Å². The number of imidazole rings is 2. The Hall–Kier alpha value is -5.82. The van der Waals surface area contributed by atoms with E-state index in [1.54, 1.807) is 0 Å². The van der Waals surface area contributed by atoms with Gasteiger partial charge >= 0.3 is 0 Å². The molecule has 204 valence electrons. The van der Waals surface area contributed by atoms with E-state index in [2.05, 4.69) is 87.2 Å². The third-order valence-corrected chi connectivity index (χ3v) is 8.46. The molecule has 0 atom stereocenters. The van der Waals surface area contributed by atoms with Gasteiger partial charge in [0.15, 0.2) is 0 Å². The first-order valence-corrected chi connectivity index (χ1v) is 14.2. The van der Waals surface area contributed by atoms with Crippen molar-refractivity contribution in [1.82, 2.24) is 28.7 Å². The summed E-state index contributed by atoms with van der Waals surface area (Å²) in [5, 5.41) is 6.32. The fourth-order valence-electron chi connectivity index (χ4n) is 6.52. The molecule has 0 saturated heterocycles. The highest BCUT2D eigenvalue weighted by molar-refractivity contribution is 6.12. The smallest absolute Gasteiger partial charge is 0.146 e. The molecule has 3 aromatic carbocycles. The van der Waals surface area contributed by atoms with E-state index in [4.69, 9.17) is 14.7 Å². The topological polar surface area (TPSA) is 69.6 Å². The molecule has 9 aromatic rings. The van der Waals surface area contributed by atoms with E-state index in [0.717, 1.165) is 72.0 Å². The molecule has 0 aliphatic heterocycles. The third kappa shape index (κ3) is 3.48. The van der Waals surface area contributed by atoms with Crippen molar-refractivity contribution in [3.8, 4) is 22.8 Å². The molecule has 6 aromatic heterocycles. The third-order valence-electron chi connectivity index (χ3n) is 8.46. The van der Waals surface area contributed by atoms with Crippen molar-refractivity contribution < 1.29 is 4.74 Å². The minimum Gasteiger partial charge on any atom is -0.457 e. The van der Waals surface area contributed by atoms with E-state index in [-0.39, 0.29) is 0 Å². The number of hydrogen-bond acceptors (Lipinski definition) is 5. The van der Waals surface area contributed by atoms with Gasteiger partial charge in [-0.25, -0.2) is 15.0 Å². The lowest BCUT2D eigenvalue weighted by atomic mass is 9.99. The molecule has 43 heavy (non-hydrogen) atoms. The van der Waals surface area contributed by atoms with E-state index >= 15 is 0 Å². The normalized spacial score (nSPS) is 12.0. The highest BCUT2D eigenvalue weighted by Gasteiger charge is 2.15. The first kappa shape index (κ1) is 23.8. The van der Waals surface area contributed by atoms with Gasteiger partial charge in [-0.2, -0.15) is 0 Å². The van der Waals surface area contributed by atoms with Gasteiger partial charge in [-0.15, -0.1) is 0 Å². The fourth-order valence-corrected chi connectivity index (χ4v) is 6.52. The van der Waals surface area contributed by atoms with Crippen LogP contribution in [-0.4, -0.2) is 28.7 Å². The van der Waals surface area contributed by atoms with Crippen LogP contribution in [0, 0.1) is 13.8 Å². The molecule has 0 aliphatic rings. The highest BCUT2D eigenvalue weighted by Crippen LogP contribution is 2.36. The molecule has 0 saturated carbocycles. The van der Waals surface area contributed by atoms with Gasteiger partial charge in [0.2, 0.25) is 0 Å². The number of rotatable bonds is 3. The summed E-state index contributed by atoms with van der Waals surface area (Å²) in [5.74, 6) is 1.47. The van der Waals surface area contributed by atoms with Crippen LogP contribution in [-0.2, 0) is 0 Å². The Morgan fingerprint density at radius 1 is 0.581 bits per heavy atom. The van der Waals surface area contributed by atoms with E-state index < -0.39 is 0 Å². The van der Waals surface area contributed by atoms with Gasteiger partial charge in [0.1, 0.15) is 28.4 Å². The van der Waals surface area contributed by atoms with Crippen LogP contribution in [0.15, 0.2) is 110 Å². The molecule has 0 fully saturated rings.